The molecule has 0 atom stereocenters. The fraction of sp³-hybridized carbons (Fsp3) is 0.333. The summed E-state index contributed by atoms with van der Waals surface area (Å²) >= 11 is 0. The molecule has 0 aromatic carbocycles. The largest absolute Gasteiger partial charge is 0.269 e. The zero-order valence-electron chi connectivity index (χ0n) is 3.61. The van der Waals surface area contributed by atoms with Gasteiger partial charge in [-0.05, 0) is 0 Å². The molecule has 0 bridgehead atoms. The fourth-order valence-electron chi connectivity index (χ4n) is 0. The van der Waals surface area contributed by atoms with Crippen molar-refractivity contribution in [1.82, 2.24) is 0 Å². The maximum Gasteiger partial charge on any atom is 0.0785 e. The van der Waals surface area contributed by atoms with Crippen LogP contribution in [0.5, 0.6) is 0 Å². The van der Waals surface area contributed by atoms with Crippen molar-refractivity contribution in [2.45, 2.75) is 0 Å². The molecular weight excluding hydrogens is 93.0 g/mol. The normalized spacial score (nSPS) is 1.67. The number of hydrogen-bond acceptors (Lipinski definition) is 0. The van der Waals surface area contributed by atoms with Crippen LogP contribution in [0.4, 0.5) is 13.8 Å². The van der Waals surface area contributed by atoms with E-state index in [1.54, 1.807) is 0 Å². The quantitative estimate of drug-likeness (QED) is 0.408. The Balaban J connectivity index is -0.00000000500. The second kappa shape index (κ2) is 256. The lowest BCUT2D eigenvalue weighted by Gasteiger charge is -1.10. The van der Waals surface area contributed by atoms with Gasteiger partial charge in [0.1, 0.15) is 0 Å². The Morgan fingerprint density at radius 3 is 1.00 bits per heavy atom. The Morgan fingerprint density at radius 1 is 1.00 bits per heavy atom. The van der Waals surface area contributed by atoms with Crippen LogP contribution in [0.2, 0.25) is 0 Å². The predicted molar refractivity (Wildman–Crippen MR) is 23.3 cm³/mol. The molecular formula is C3H9F3. The van der Waals surface area contributed by atoms with Gasteiger partial charge in [-0.25, -0.2) is 0 Å². The maximum absolute atomic E-state index is 9.50. The Bertz CT molecular complexity index is 6.00. The van der Waals surface area contributed by atoms with Gasteiger partial charge in [-0.1, -0.05) is 0 Å². The monoisotopic (exact) mass is 102 g/mol. The SMILES string of the molecule is C=C.CF.F.F. The van der Waals surface area contributed by atoms with Crippen LogP contribution >= 0.6 is 0 Å². The third-order valence-electron chi connectivity index (χ3n) is 0. The van der Waals surface area contributed by atoms with E-state index in [2.05, 4.69) is 13.2 Å². The average Bonchev–Trinajstić information content (AvgIpc) is 1.50. The molecule has 0 aromatic rings. The van der Waals surface area contributed by atoms with E-state index in [1.807, 2.05) is 0 Å². The van der Waals surface area contributed by atoms with Crippen LogP contribution in [0.15, 0.2) is 13.2 Å². The fourth-order valence-corrected chi connectivity index (χ4v) is 0. The minimum Gasteiger partial charge on any atom is -0.269 e. The Labute approximate surface area is 35.4 Å². The summed E-state index contributed by atoms with van der Waals surface area (Å²) in [5, 5.41) is 0. The van der Waals surface area contributed by atoms with Crippen molar-refractivity contribution in [1.29, 1.82) is 0 Å². The van der Waals surface area contributed by atoms with Crippen molar-refractivity contribution in [3.63, 3.8) is 0 Å². The molecule has 0 aliphatic heterocycles. The van der Waals surface area contributed by atoms with Gasteiger partial charge in [0.25, 0.3) is 0 Å². The lowest BCUT2D eigenvalue weighted by molar-refractivity contribution is 0.636. The minimum atomic E-state index is 0. The minimum absolute atomic E-state index is 0. The summed E-state index contributed by atoms with van der Waals surface area (Å²) < 4.78 is 9.50. The van der Waals surface area contributed by atoms with Gasteiger partial charge < -0.3 is 0 Å². The highest BCUT2D eigenvalue weighted by molar-refractivity contribution is 4.22. The van der Waals surface area contributed by atoms with Gasteiger partial charge in [0.15, 0.2) is 0 Å². The van der Waals surface area contributed by atoms with Crippen LogP contribution in [0, 0.1) is 0 Å². The summed E-state index contributed by atoms with van der Waals surface area (Å²) in [5.74, 6) is 0. The third kappa shape index (κ3) is 102. The van der Waals surface area contributed by atoms with Crippen LogP contribution in [0.25, 0.3) is 0 Å². The molecule has 0 aliphatic carbocycles. The Morgan fingerprint density at radius 2 is 1.00 bits per heavy atom. The molecule has 0 nitrogen and oxygen atoms in total. The third-order valence-corrected chi connectivity index (χ3v) is 0. The first-order valence-electron chi connectivity index (χ1n) is 0.878. The van der Waals surface area contributed by atoms with Gasteiger partial charge in [0.05, 0.1) is 7.18 Å². The summed E-state index contributed by atoms with van der Waals surface area (Å²) in [4.78, 5) is 0. The second-order valence-electron chi connectivity index (χ2n) is 0. The van der Waals surface area contributed by atoms with Gasteiger partial charge in [-0.3, -0.25) is 13.8 Å². The van der Waals surface area contributed by atoms with Crippen molar-refractivity contribution >= 4 is 0 Å². The topological polar surface area (TPSA) is 0 Å². The molecule has 0 rings (SSSR count). The number of hydrogen-bond donors (Lipinski definition) is 0. The summed E-state index contributed by atoms with van der Waals surface area (Å²) in [6.45, 7) is 6.00. The van der Waals surface area contributed by atoms with Crippen LogP contribution < -0.4 is 0 Å². The Kier molecular flexibility index (Phi) is 2060. The van der Waals surface area contributed by atoms with Gasteiger partial charge in [-0.2, -0.15) is 0 Å². The molecule has 0 heterocycles. The van der Waals surface area contributed by atoms with E-state index in [0.29, 0.717) is 7.18 Å². The van der Waals surface area contributed by atoms with E-state index in [9.17, 15) is 4.39 Å². The van der Waals surface area contributed by atoms with Crippen LogP contribution in [0.1, 0.15) is 0 Å². The Hall–Kier alpha value is -0.470. The molecule has 42 valence electrons. The van der Waals surface area contributed by atoms with E-state index in [1.165, 1.54) is 0 Å². The summed E-state index contributed by atoms with van der Waals surface area (Å²) in [7, 11) is 0.500. The van der Waals surface area contributed by atoms with Crippen molar-refractivity contribution in [3.8, 4) is 0 Å². The standard InChI is InChI=1S/C2H4.CH3F.2FH/c2*1-2;;/h1-2H2;1H3;2*1H. The van der Waals surface area contributed by atoms with Gasteiger partial charge >= 0.3 is 0 Å². The molecule has 3 heteroatoms. The first-order valence-corrected chi connectivity index (χ1v) is 0.878. The number of rotatable bonds is 0. The molecule has 0 fully saturated rings. The van der Waals surface area contributed by atoms with Gasteiger partial charge in [0.2, 0.25) is 0 Å². The molecule has 0 saturated carbocycles. The van der Waals surface area contributed by atoms with E-state index < -0.39 is 0 Å². The summed E-state index contributed by atoms with van der Waals surface area (Å²) in [6.07, 6.45) is 0. The van der Waals surface area contributed by atoms with E-state index in [0.717, 1.165) is 0 Å². The zero-order chi connectivity index (χ0) is 4.00. The predicted octanol–water partition coefficient (Wildman–Crippen LogP) is 1.69. The molecule has 0 aliphatic rings. The maximum atomic E-state index is 9.50. The summed E-state index contributed by atoms with van der Waals surface area (Å²) in [6, 6.07) is 0. The van der Waals surface area contributed by atoms with Crippen LogP contribution in [-0.4, -0.2) is 7.18 Å². The van der Waals surface area contributed by atoms with Crippen molar-refractivity contribution < 1.29 is 13.8 Å². The molecule has 0 saturated heterocycles. The highest BCUT2D eigenvalue weighted by Crippen LogP contribution is 1.16. The average molecular weight is 102 g/mol. The first kappa shape index (κ1) is 48.5. The zero-order valence-corrected chi connectivity index (χ0v) is 3.61. The van der Waals surface area contributed by atoms with Crippen molar-refractivity contribution in [2.75, 3.05) is 7.18 Å². The highest BCUT2D eigenvalue weighted by Gasteiger charge is 0.926. The number of halogens is 3. The lowest BCUT2D eigenvalue weighted by atomic mass is 11.3. The smallest absolute Gasteiger partial charge is 0.0785 e. The molecule has 6 heavy (non-hydrogen) atoms. The molecule has 0 radical (unpaired) electrons. The van der Waals surface area contributed by atoms with Gasteiger partial charge in [0, 0.05) is 0 Å². The second-order valence-corrected chi connectivity index (χ2v) is 0. The van der Waals surface area contributed by atoms with E-state index >= 15 is 0 Å². The molecule has 0 spiro atoms. The molecule has 0 aromatic heterocycles. The highest BCUT2D eigenvalue weighted by atomic mass is 19.1. The van der Waals surface area contributed by atoms with E-state index in [-0.39, 0.29) is 9.41 Å². The van der Waals surface area contributed by atoms with Crippen LogP contribution in [-0.2, 0) is 0 Å². The number of alkyl halides is 1. The molecule has 0 unspecified atom stereocenters. The first-order chi connectivity index (χ1) is 2.00. The van der Waals surface area contributed by atoms with Gasteiger partial charge in [-0.15, -0.1) is 13.2 Å². The van der Waals surface area contributed by atoms with Crippen LogP contribution in [0.3, 0.4) is 0 Å². The van der Waals surface area contributed by atoms with Crippen molar-refractivity contribution in [3.05, 3.63) is 13.2 Å². The van der Waals surface area contributed by atoms with Crippen molar-refractivity contribution in [2.24, 2.45) is 0 Å². The molecule has 0 N–H and O–H groups in total. The molecule has 0 amide bonds. The lowest BCUT2D eigenvalue weighted by Crippen LogP contribution is -0.939. The van der Waals surface area contributed by atoms with E-state index in [4.69, 9.17) is 0 Å². The summed E-state index contributed by atoms with van der Waals surface area (Å²) in [5.41, 5.74) is 0.